The molecule has 3 atom stereocenters. The van der Waals surface area contributed by atoms with Gasteiger partial charge in [-0.05, 0) is 49.8 Å². The van der Waals surface area contributed by atoms with Crippen LogP contribution in [0.3, 0.4) is 0 Å². The van der Waals surface area contributed by atoms with E-state index in [-0.39, 0.29) is 5.91 Å². The Bertz CT molecular complexity index is 554. The highest BCUT2D eigenvalue weighted by molar-refractivity contribution is 5.81. The molecule has 1 heterocycles. The molecule has 0 aromatic heterocycles. The van der Waals surface area contributed by atoms with Gasteiger partial charge in [-0.25, -0.2) is 0 Å². The van der Waals surface area contributed by atoms with Crippen molar-refractivity contribution in [2.75, 3.05) is 33.3 Å². The predicted octanol–water partition coefficient (Wildman–Crippen LogP) is 3.34. The molecule has 1 aliphatic rings. The monoisotopic (exact) mass is 362 g/mol. The lowest BCUT2D eigenvalue weighted by atomic mass is 9.92. The van der Waals surface area contributed by atoms with Crippen molar-refractivity contribution in [3.63, 3.8) is 0 Å². The highest BCUT2D eigenvalue weighted by Crippen LogP contribution is 2.21. The van der Waals surface area contributed by atoms with E-state index in [0.717, 1.165) is 30.6 Å². The normalized spacial score (nSPS) is 21.8. The number of benzene rings is 1. The van der Waals surface area contributed by atoms with E-state index in [1.54, 1.807) is 13.2 Å². The first-order valence-electron chi connectivity index (χ1n) is 9.82. The van der Waals surface area contributed by atoms with E-state index < -0.39 is 6.10 Å². The number of hydrogen-bond donors (Lipinski definition) is 1. The number of likely N-dealkylation sites (tertiary alicyclic amines) is 1. The zero-order valence-electron chi connectivity index (χ0n) is 16.7. The molecule has 0 spiro atoms. The first kappa shape index (κ1) is 20.6. The van der Waals surface area contributed by atoms with Crippen molar-refractivity contribution in [3.05, 3.63) is 24.3 Å². The smallest absolute Gasteiger partial charge is 0.261 e. The molecule has 2 rings (SSSR count). The van der Waals surface area contributed by atoms with Crippen LogP contribution in [-0.4, -0.2) is 50.2 Å². The maximum atomic E-state index is 12.4. The Morgan fingerprint density at radius 3 is 2.62 bits per heavy atom. The number of nitrogens with zero attached hydrogens (tertiary/aromatic N) is 1. The zero-order valence-corrected chi connectivity index (χ0v) is 16.7. The fourth-order valence-electron chi connectivity index (χ4n) is 3.76. The Kier molecular flexibility index (Phi) is 8.23. The molecule has 0 saturated carbocycles. The van der Waals surface area contributed by atoms with Crippen LogP contribution >= 0.6 is 0 Å². The van der Waals surface area contributed by atoms with Gasteiger partial charge in [-0.15, -0.1) is 0 Å². The van der Waals surface area contributed by atoms with Crippen molar-refractivity contribution in [2.45, 2.75) is 46.1 Å². The molecule has 1 fully saturated rings. The Morgan fingerprint density at radius 1 is 1.27 bits per heavy atom. The maximum Gasteiger partial charge on any atom is 0.261 e. The van der Waals surface area contributed by atoms with E-state index >= 15 is 0 Å². The molecular weight excluding hydrogens is 328 g/mol. The van der Waals surface area contributed by atoms with Crippen LogP contribution in [0.5, 0.6) is 11.5 Å². The van der Waals surface area contributed by atoms with Crippen molar-refractivity contribution in [3.8, 4) is 11.5 Å². The second kappa shape index (κ2) is 10.4. The highest BCUT2D eigenvalue weighted by atomic mass is 16.5. The van der Waals surface area contributed by atoms with E-state index in [1.165, 1.54) is 19.5 Å². The third-order valence-corrected chi connectivity index (χ3v) is 4.88. The summed E-state index contributed by atoms with van der Waals surface area (Å²) in [4.78, 5) is 14.9. The van der Waals surface area contributed by atoms with Crippen LogP contribution in [0.4, 0.5) is 0 Å². The van der Waals surface area contributed by atoms with Gasteiger partial charge in [0.1, 0.15) is 11.5 Å². The number of amides is 1. The molecule has 0 radical (unpaired) electrons. The first-order valence-corrected chi connectivity index (χ1v) is 9.82. The summed E-state index contributed by atoms with van der Waals surface area (Å²) in [7, 11) is 1.62. The molecule has 1 aliphatic heterocycles. The van der Waals surface area contributed by atoms with Gasteiger partial charge in [0, 0.05) is 25.7 Å². The molecular formula is C21H34N2O3. The van der Waals surface area contributed by atoms with Gasteiger partial charge in [0.25, 0.3) is 5.91 Å². The van der Waals surface area contributed by atoms with Crippen LogP contribution in [0.15, 0.2) is 24.3 Å². The number of nitrogens with one attached hydrogen (secondary N) is 1. The quantitative estimate of drug-likeness (QED) is 0.685. The molecule has 3 unspecified atom stereocenters. The molecule has 5 nitrogen and oxygen atoms in total. The lowest BCUT2D eigenvalue weighted by Crippen LogP contribution is -2.41. The van der Waals surface area contributed by atoms with Crippen molar-refractivity contribution >= 4 is 5.91 Å². The molecule has 1 aromatic carbocycles. The van der Waals surface area contributed by atoms with E-state index in [4.69, 9.17) is 9.47 Å². The molecule has 146 valence electrons. The number of piperidine rings is 1. The first-order chi connectivity index (χ1) is 12.5. The number of ether oxygens (including phenoxy) is 2. The summed E-state index contributed by atoms with van der Waals surface area (Å²) in [6.45, 7) is 10.7. The van der Waals surface area contributed by atoms with Crippen LogP contribution in [0.1, 0.15) is 40.0 Å². The summed E-state index contributed by atoms with van der Waals surface area (Å²) >= 11 is 0. The number of carbonyl (C=O) groups is 1. The van der Waals surface area contributed by atoms with Crippen LogP contribution in [0, 0.1) is 11.8 Å². The summed E-state index contributed by atoms with van der Waals surface area (Å²) in [6.07, 6.45) is 2.45. The van der Waals surface area contributed by atoms with Gasteiger partial charge in [-0.1, -0.05) is 26.8 Å². The Hall–Kier alpha value is -1.75. The average Bonchev–Trinajstić information content (AvgIpc) is 2.62. The molecule has 1 saturated heterocycles. The molecule has 1 N–H and O–H groups in total. The number of methoxy groups -OCH3 is 1. The van der Waals surface area contributed by atoms with Gasteiger partial charge in [0.2, 0.25) is 0 Å². The van der Waals surface area contributed by atoms with Crippen LogP contribution < -0.4 is 14.8 Å². The van der Waals surface area contributed by atoms with Gasteiger partial charge in [-0.2, -0.15) is 0 Å². The Balaban J connectivity index is 1.73. The van der Waals surface area contributed by atoms with E-state index in [0.29, 0.717) is 18.7 Å². The molecule has 0 aliphatic carbocycles. The fraction of sp³-hybridized carbons (Fsp3) is 0.667. The van der Waals surface area contributed by atoms with Gasteiger partial charge in [0.15, 0.2) is 6.10 Å². The third kappa shape index (κ3) is 6.52. The van der Waals surface area contributed by atoms with Crippen molar-refractivity contribution in [1.82, 2.24) is 10.2 Å². The van der Waals surface area contributed by atoms with Crippen LogP contribution in [0.2, 0.25) is 0 Å². The summed E-state index contributed by atoms with van der Waals surface area (Å²) in [5.41, 5.74) is 0. The highest BCUT2D eigenvalue weighted by Gasteiger charge is 2.22. The van der Waals surface area contributed by atoms with Crippen molar-refractivity contribution < 1.29 is 14.3 Å². The largest absolute Gasteiger partial charge is 0.497 e. The third-order valence-electron chi connectivity index (χ3n) is 4.88. The van der Waals surface area contributed by atoms with E-state index in [9.17, 15) is 4.79 Å². The minimum absolute atomic E-state index is 0.0456. The minimum Gasteiger partial charge on any atom is -0.497 e. The van der Waals surface area contributed by atoms with E-state index in [2.05, 4.69) is 24.1 Å². The van der Waals surface area contributed by atoms with Crippen molar-refractivity contribution in [2.24, 2.45) is 11.8 Å². The van der Waals surface area contributed by atoms with Gasteiger partial charge in [0.05, 0.1) is 7.11 Å². The SMILES string of the molecule is CCC(Oc1cccc(OC)c1)C(=O)NCCCN1CC(C)CC(C)C1. The molecule has 0 bridgehead atoms. The second-order valence-electron chi connectivity index (χ2n) is 7.54. The molecule has 1 amide bonds. The lowest BCUT2D eigenvalue weighted by Gasteiger charge is -2.35. The number of carbonyl (C=O) groups excluding carboxylic acids is 1. The summed E-state index contributed by atoms with van der Waals surface area (Å²) in [5, 5.41) is 3.02. The van der Waals surface area contributed by atoms with Crippen molar-refractivity contribution in [1.29, 1.82) is 0 Å². The summed E-state index contributed by atoms with van der Waals surface area (Å²) in [5.74, 6) is 2.88. The predicted molar refractivity (Wildman–Crippen MR) is 105 cm³/mol. The Morgan fingerprint density at radius 2 is 1.96 bits per heavy atom. The molecule has 1 aromatic rings. The minimum atomic E-state index is -0.475. The topological polar surface area (TPSA) is 50.8 Å². The standard InChI is InChI=1S/C21H34N2O3/c1-5-20(26-19-9-6-8-18(13-19)25-4)21(24)22-10-7-11-23-14-16(2)12-17(3)15-23/h6,8-9,13,16-17,20H,5,7,10-12,14-15H2,1-4H3,(H,22,24). The number of hydrogen-bond acceptors (Lipinski definition) is 4. The maximum absolute atomic E-state index is 12.4. The number of rotatable bonds is 9. The van der Waals surface area contributed by atoms with Crippen LogP contribution in [0.25, 0.3) is 0 Å². The second-order valence-corrected chi connectivity index (χ2v) is 7.54. The lowest BCUT2D eigenvalue weighted by molar-refractivity contribution is -0.128. The fourth-order valence-corrected chi connectivity index (χ4v) is 3.76. The van der Waals surface area contributed by atoms with Gasteiger partial charge in [-0.3, -0.25) is 4.79 Å². The van der Waals surface area contributed by atoms with Crippen LogP contribution in [-0.2, 0) is 4.79 Å². The van der Waals surface area contributed by atoms with E-state index in [1.807, 2.05) is 25.1 Å². The molecule has 5 heteroatoms. The Labute approximate surface area is 158 Å². The summed E-state index contributed by atoms with van der Waals surface area (Å²) in [6, 6.07) is 7.36. The molecule has 26 heavy (non-hydrogen) atoms. The van der Waals surface area contributed by atoms with Gasteiger partial charge >= 0.3 is 0 Å². The average molecular weight is 363 g/mol. The summed E-state index contributed by atoms with van der Waals surface area (Å²) < 4.78 is 11.0. The zero-order chi connectivity index (χ0) is 18.9. The van der Waals surface area contributed by atoms with Gasteiger partial charge < -0.3 is 19.7 Å².